The lowest BCUT2D eigenvalue weighted by atomic mass is 10.1. The topological polar surface area (TPSA) is 69.2 Å². The van der Waals surface area contributed by atoms with Crippen molar-refractivity contribution in [2.24, 2.45) is 5.10 Å². The van der Waals surface area contributed by atoms with Gasteiger partial charge in [-0.25, -0.2) is 5.43 Å². The van der Waals surface area contributed by atoms with E-state index in [-0.39, 0.29) is 12.7 Å². The van der Waals surface area contributed by atoms with Crippen LogP contribution >= 0.6 is 15.9 Å². The highest BCUT2D eigenvalue weighted by Gasteiger charge is 2.15. The summed E-state index contributed by atoms with van der Waals surface area (Å²) < 4.78 is 17.4. The van der Waals surface area contributed by atoms with Gasteiger partial charge in [0.25, 0.3) is 5.91 Å². The molecule has 0 saturated carbocycles. The summed E-state index contributed by atoms with van der Waals surface area (Å²) in [5.74, 6) is 1.57. The number of hydrazone groups is 1. The molecule has 7 heteroatoms. The van der Waals surface area contributed by atoms with Crippen molar-refractivity contribution in [2.75, 3.05) is 6.79 Å². The Hall–Kier alpha value is -3.84. The van der Waals surface area contributed by atoms with Gasteiger partial charge in [-0.15, -0.1) is 0 Å². The Bertz CT molecular complexity index is 1360. The number of nitrogens with zero attached hydrogens (tertiary/aromatic N) is 1. The van der Waals surface area contributed by atoms with Crippen molar-refractivity contribution in [1.29, 1.82) is 0 Å². The summed E-state index contributed by atoms with van der Waals surface area (Å²) in [6, 6.07) is 25.1. The van der Waals surface area contributed by atoms with E-state index in [0.717, 1.165) is 21.3 Å². The maximum absolute atomic E-state index is 12.3. The standard InChI is InChI=1S/C26H19BrN2O4/c27-22-12-17(14-28-29-26(30)19-9-11-24-25(13-19)33-16-32-24)8-10-23(22)31-15-20-6-3-5-18-4-1-2-7-21(18)20/h1-14H,15-16H2,(H,29,30)/b28-14-. The maximum atomic E-state index is 12.3. The van der Waals surface area contributed by atoms with E-state index >= 15 is 0 Å². The number of halogens is 1. The minimum absolute atomic E-state index is 0.162. The van der Waals surface area contributed by atoms with E-state index in [4.69, 9.17) is 14.2 Å². The number of fused-ring (bicyclic) bond motifs is 2. The lowest BCUT2D eigenvalue weighted by molar-refractivity contribution is 0.0954. The van der Waals surface area contributed by atoms with Gasteiger partial charge in [-0.05, 0) is 74.2 Å². The summed E-state index contributed by atoms with van der Waals surface area (Å²) >= 11 is 3.56. The summed E-state index contributed by atoms with van der Waals surface area (Å²) in [5.41, 5.74) is 4.90. The quantitative estimate of drug-likeness (QED) is 0.272. The molecule has 0 bridgehead atoms. The van der Waals surface area contributed by atoms with E-state index in [1.807, 2.05) is 36.4 Å². The van der Waals surface area contributed by atoms with Gasteiger partial charge in [0.2, 0.25) is 6.79 Å². The van der Waals surface area contributed by atoms with Crippen molar-refractivity contribution in [3.63, 3.8) is 0 Å². The molecule has 4 aromatic rings. The van der Waals surface area contributed by atoms with E-state index in [2.05, 4.69) is 50.7 Å². The second-order valence-corrected chi connectivity index (χ2v) is 8.24. The molecule has 1 N–H and O–H groups in total. The largest absolute Gasteiger partial charge is 0.488 e. The van der Waals surface area contributed by atoms with Crippen LogP contribution < -0.4 is 19.6 Å². The highest BCUT2D eigenvalue weighted by Crippen LogP contribution is 2.32. The lowest BCUT2D eigenvalue weighted by Gasteiger charge is -2.11. The van der Waals surface area contributed by atoms with Gasteiger partial charge >= 0.3 is 0 Å². The zero-order chi connectivity index (χ0) is 22.6. The number of nitrogens with one attached hydrogen (secondary N) is 1. The van der Waals surface area contributed by atoms with Crippen molar-refractivity contribution in [2.45, 2.75) is 6.61 Å². The van der Waals surface area contributed by atoms with Gasteiger partial charge in [-0.2, -0.15) is 5.10 Å². The highest BCUT2D eigenvalue weighted by molar-refractivity contribution is 9.10. The van der Waals surface area contributed by atoms with E-state index in [1.54, 1.807) is 24.4 Å². The summed E-state index contributed by atoms with van der Waals surface area (Å²) in [7, 11) is 0. The Kier molecular flexibility index (Phi) is 5.95. The number of rotatable bonds is 6. The molecule has 0 spiro atoms. The SMILES string of the molecule is O=C(N/N=C\c1ccc(OCc2cccc3ccccc23)c(Br)c1)c1ccc2c(c1)OCO2. The van der Waals surface area contributed by atoms with Crippen LogP contribution in [0, 0.1) is 0 Å². The van der Waals surface area contributed by atoms with Crippen molar-refractivity contribution in [3.8, 4) is 17.2 Å². The molecule has 1 heterocycles. The molecule has 0 atom stereocenters. The fourth-order valence-electron chi connectivity index (χ4n) is 3.56. The summed E-state index contributed by atoms with van der Waals surface area (Å²) in [4.78, 5) is 12.3. The number of carbonyl (C=O) groups excluding carboxylic acids is 1. The predicted octanol–water partition coefficient (Wildman–Crippen LogP) is 5.67. The molecule has 0 aliphatic carbocycles. The van der Waals surface area contributed by atoms with Crippen LogP contribution in [0.3, 0.4) is 0 Å². The minimum atomic E-state index is -0.335. The molecule has 1 aliphatic rings. The molecule has 0 aromatic heterocycles. The average molecular weight is 503 g/mol. The van der Waals surface area contributed by atoms with Crippen molar-refractivity contribution >= 4 is 38.8 Å². The van der Waals surface area contributed by atoms with Gasteiger partial charge < -0.3 is 14.2 Å². The molecule has 5 rings (SSSR count). The van der Waals surface area contributed by atoms with Crippen LogP contribution in [0.4, 0.5) is 0 Å². The van der Waals surface area contributed by atoms with Gasteiger partial charge in [0.1, 0.15) is 12.4 Å². The number of amides is 1. The first-order chi connectivity index (χ1) is 16.2. The number of ether oxygens (including phenoxy) is 3. The first-order valence-electron chi connectivity index (χ1n) is 10.3. The van der Waals surface area contributed by atoms with E-state index in [1.165, 1.54) is 10.8 Å². The van der Waals surface area contributed by atoms with E-state index < -0.39 is 0 Å². The molecular formula is C26H19BrN2O4. The Balaban J connectivity index is 1.21. The zero-order valence-corrected chi connectivity index (χ0v) is 19.0. The molecule has 0 fully saturated rings. The molecule has 4 aromatic carbocycles. The first kappa shape index (κ1) is 21.0. The third-order valence-corrected chi connectivity index (χ3v) is 5.85. The van der Waals surface area contributed by atoms with Crippen LogP contribution in [-0.2, 0) is 6.61 Å². The summed E-state index contributed by atoms with van der Waals surface area (Å²) in [6.45, 7) is 0.619. The van der Waals surface area contributed by atoms with E-state index in [9.17, 15) is 4.79 Å². The van der Waals surface area contributed by atoms with Gasteiger partial charge in [0.05, 0.1) is 10.7 Å². The smallest absolute Gasteiger partial charge is 0.271 e. The average Bonchev–Trinajstić information content (AvgIpc) is 3.31. The first-order valence-corrected chi connectivity index (χ1v) is 11.1. The van der Waals surface area contributed by atoms with Crippen LogP contribution in [0.15, 0.2) is 88.4 Å². The Morgan fingerprint density at radius 1 is 1.00 bits per heavy atom. The van der Waals surface area contributed by atoms with Gasteiger partial charge in [0.15, 0.2) is 11.5 Å². The zero-order valence-electron chi connectivity index (χ0n) is 17.5. The minimum Gasteiger partial charge on any atom is -0.488 e. The van der Waals surface area contributed by atoms with Gasteiger partial charge in [-0.3, -0.25) is 4.79 Å². The molecule has 6 nitrogen and oxygen atoms in total. The van der Waals surface area contributed by atoms with Crippen molar-refractivity contribution in [1.82, 2.24) is 5.43 Å². The lowest BCUT2D eigenvalue weighted by Crippen LogP contribution is -2.17. The number of benzene rings is 4. The van der Waals surface area contributed by atoms with Crippen molar-refractivity contribution in [3.05, 3.63) is 100 Å². The number of hydrogen-bond donors (Lipinski definition) is 1. The Morgan fingerprint density at radius 2 is 1.85 bits per heavy atom. The molecule has 164 valence electrons. The van der Waals surface area contributed by atoms with Gasteiger partial charge in [0, 0.05) is 5.56 Å². The fourth-order valence-corrected chi connectivity index (χ4v) is 4.07. The van der Waals surface area contributed by atoms with E-state index in [0.29, 0.717) is 23.7 Å². The molecule has 1 amide bonds. The third-order valence-electron chi connectivity index (χ3n) is 5.23. The van der Waals surface area contributed by atoms with Crippen LogP contribution in [0.2, 0.25) is 0 Å². The highest BCUT2D eigenvalue weighted by atomic mass is 79.9. The number of carbonyl (C=O) groups is 1. The Morgan fingerprint density at radius 3 is 2.76 bits per heavy atom. The molecule has 0 unspecified atom stereocenters. The normalized spacial score (nSPS) is 12.3. The second kappa shape index (κ2) is 9.34. The summed E-state index contributed by atoms with van der Waals surface area (Å²) in [6.07, 6.45) is 1.57. The molecule has 0 saturated heterocycles. The predicted molar refractivity (Wildman–Crippen MR) is 130 cm³/mol. The van der Waals surface area contributed by atoms with Gasteiger partial charge in [-0.1, -0.05) is 42.5 Å². The monoisotopic (exact) mass is 502 g/mol. The third kappa shape index (κ3) is 4.68. The summed E-state index contributed by atoms with van der Waals surface area (Å²) in [5, 5.41) is 6.42. The van der Waals surface area contributed by atoms with Crippen LogP contribution in [0.5, 0.6) is 17.2 Å². The number of hydrogen-bond acceptors (Lipinski definition) is 5. The van der Waals surface area contributed by atoms with Crippen LogP contribution in [0.1, 0.15) is 21.5 Å². The second-order valence-electron chi connectivity index (χ2n) is 7.38. The molecule has 33 heavy (non-hydrogen) atoms. The van der Waals surface area contributed by atoms with Crippen LogP contribution in [0.25, 0.3) is 10.8 Å². The maximum Gasteiger partial charge on any atom is 0.271 e. The molecule has 0 radical (unpaired) electrons. The Labute approximate surface area is 198 Å². The molecule has 1 aliphatic heterocycles. The molecular weight excluding hydrogens is 484 g/mol. The van der Waals surface area contributed by atoms with Crippen molar-refractivity contribution < 1.29 is 19.0 Å². The fraction of sp³-hybridized carbons (Fsp3) is 0.0769. The van der Waals surface area contributed by atoms with Crippen LogP contribution in [-0.4, -0.2) is 18.9 Å².